The number of benzene rings is 2. The number of nitrogens with one attached hydrogen (secondary N) is 1. The summed E-state index contributed by atoms with van der Waals surface area (Å²) in [5.41, 5.74) is 10.7. The summed E-state index contributed by atoms with van der Waals surface area (Å²) in [4.78, 5) is 17.1. The van der Waals surface area contributed by atoms with E-state index in [1.807, 2.05) is 32.3 Å². The van der Waals surface area contributed by atoms with Gasteiger partial charge < -0.3 is 15.6 Å². The van der Waals surface area contributed by atoms with Crippen LogP contribution < -0.4 is 5.73 Å². The standard InChI is InChI=1S/C19H21N3O/c1-22(2)12-16-15-11-14(19(20)23)8-9-17(15)21-18(16)10-13-6-4-3-5-7-13/h3-9,11,21H,10,12H2,1-2H3,(H2,20,23). The number of fused-ring (bicyclic) bond motifs is 1. The van der Waals surface area contributed by atoms with Gasteiger partial charge in [-0.3, -0.25) is 4.79 Å². The fourth-order valence-electron chi connectivity index (χ4n) is 2.90. The van der Waals surface area contributed by atoms with Gasteiger partial charge in [-0.25, -0.2) is 0 Å². The minimum absolute atomic E-state index is 0.395. The van der Waals surface area contributed by atoms with Gasteiger partial charge in [0, 0.05) is 35.1 Å². The van der Waals surface area contributed by atoms with Gasteiger partial charge in [-0.05, 0) is 43.4 Å². The number of amides is 1. The molecule has 4 nitrogen and oxygen atoms in total. The van der Waals surface area contributed by atoms with Crippen molar-refractivity contribution >= 4 is 16.8 Å². The summed E-state index contributed by atoms with van der Waals surface area (Å²) in [6.07, 6.45) is 0.838. The van der Waals surface area contributed by atoms with Crippen molar-refractivity contribution in [2.24, 2.45) is 5.73 Å². The Labute approximate surface area is 135 Å². The second-order valence-electron chi connectivity index (χ2n) is 6.11. The summed E-state index contributed by atoms with van der Waals surface area (Å²) in [7, 11) is 4.09. The van der Waals surface area contributed by atoms with E-state index in [1.54, 1.807) is 6.07 Å². The van der Waals surface area contributed by atoms with Gasteiger partial charge in [-0.1, -0.05) is 30.3 Å². The molecule has 3 rings (SSSR count). The molecule has 0 aliphatic carbocycles. The summed E-state index contributed by atoms with van der Waals surface area (Å²) >= 11 is 0. The molecule has 1 amide bonds. The van der Waals surface area contributed by atoms with Gasteiger partial charge in [-0.2, -0.15) is 0 Å². The lowest BCUT2D eigenvalue weighted by molar-refractivity contribution is 0.100. The number of nitrogens with two attached hydrogens (primary N) is 1. The maximum Gasteiger partial charge on any atom is 0.248 e. The van der Waals surface area contributed by atoms with E-state index < -0.39 is 5.91 Å². The molecule has 0 unspecified atom stereocenters. The molecule has 1 heterocycles. The zero-order chi connectivity index (χ0) is 16.4. The Hall–Kier alpha value is -2.59. The molecular formula is C19H21N3O. The number of primary amides is 1. The molecule has 3 N–H and O–H groups in total. The number of H-pyrrole nitrogens is 1. The zero-order valence-corrected chi connectivity index (χ0v) is 13.5. The molecule has 0 saturated carbocycles. The lowest BCUT2D eigenvalue weighted by Crippen LogP contribution is -2.12. The van der Waals surface area contributed by atoms with Gasteiger partial charge in [0.15, 0.2) is 0 Å². The summed E-state index contributed by atoms with van der Waals surface area (Å²) < 4.78 is 0. The van der Waals surface area contributed by atoms with Crippen LogP contribution in [0.3, 0.4) is 0 Å². The quantitative estimate of drug-likeness (QED) is 0.761. The molecule has 4 heteroatoms. The molecule has 0 radical (unpaired) electrons. The fourth-order valence-corrected chi connectivity index (χ4v) is 2.90. The molecular weight excluding hydrogens is 286 g/mol. The third-order valence-electron chi connectivity index (χ3n) is 3.98. The summed E-state index contributed by atoms with van der Waals surface area (Å²) in [5, 5.41) is 1.07. The van der Waals surface area contributed by atoms with Gasteiger partial charge in [-0.15, -0.1) is 0 Å². The van der Waals surface area contributed by atoms with Crippen molar-refractivity contribution in [1.82, 2.24) is 9.88 Å². The Morgan fingerprint density at radius 1 is 1.13 bits per heavy atom. The van der Waals surface area contributed by atoms with E-state index in [2.05, 4.69) is 34.1 Å². The molecule has 23 heavy (non-hydrogen) atoms. The van der Waals surface area contributed by atoms with Crippen LogP contribution in [0.4, 0.5) is 0 Å². The SMILES string of the molecule is CN(C)Cc1c(Cc2ccccc2)[nH]c2ccc(C(N)=O)cc12. The first-order chi connectivity index (χ1) is 11.0. The Bertz CT molecular complexity index is 834. The number of hydrogen-bond donors (Lipinski definition) is 2. The van der Waals surface area contributed by atoms with Crippen molar-refractivity contribution in [3.05, 3.63) is 70.9 Å². The first-order valence-electron chi connectivity index (χ1n) is 7.66. The van der Waals surface area contributed by atoms with E-state index in [0.29, 0.717) is 5.56 Å². The third-order valence-corrected chi connectivity index (χ3v) is 3.98. The van der Waals surface area contributed by atoms with Gasteiger partial charge >= 0.3 is 0 Å². The van der Waals surface area contributed by atoms with Crippen molar-refractivity contribution in [3.63, 3.8) is 0 Å². The molecule has 0 spiro atoms. The van der Waals surface area contributed by atoms with Gasteiger partial charge in [0.05, 0.1) is 0 Å². The minimum Gasteiger partial charge on any atom is -0.366 e. The van der Waals surface area contributed by atoms with Crippen LogP contribution in [0.5, 0.6) is 0 Å². The molecule has 2 aromatic carbocycles. The second kappa shape index (κ2) is 6.26. The van der Waals surface area contributed by atoms with Crippen molar-refractivity contribution in [1.29, 1.82) is 0 Å². The van der Waals surface area contributed by atoms with Crippen molar-refractivity contribution in [2.75, 3.05) is 14.1 Å². The van der Waals surface area contributed by atoms with E-state index in [-0.39, 0.29) is 0 Å². The van der Waals surface area contributed by atoms with Gasteiger partial charge in [0.25, 0.3) is 0 Å². The maximum absolute atomic E-state index is 11.5. The molecule has 0 aliphatic heterocycles. The van der Waals surface area contributed by atoms with E-state index in [1.165, 1.54) is 16.8 Å². The number of rotatable bonds is 5. The Morgan fingerprint density at radius 3 is 2.52 bits per heavy atom. The first kappa shape index (κ1) is 15.3. The highest BCUT2D eigenvalue weighted by Crippen LogP contribution is 2.26. The highest BCUT2D eigenvalue weighted by Gasteiger charge is 2.14. The van der Waals surface area contributed by atoms with E-state index >= 15 is 0 Å². The number of carbonyl (C=O) groups is 1. The Morgan fingerprint density at radius 2 is 1.87 bits per heavy atom. The van der Waals surface area contributed by atoms with E-state index in [4.69, 9.17) is 5.73 Å². The Balaban J connectivity index is 2.10. The van der Waals surface area contributed by atoms with Crippen LogP contribution in [0.2, 0.25) is 0 Å². The molecule has 0 fully saturated rings. The summed E-state index contributed by atoms with van der Waals surface area (Å²) in [5.74, 6) is -0.395. The summed E-state index contributed by atoms with van der Waals surface area (Å²) in [6, 6.07) is 16.0. The predicted molar refractivity (Wildman–Crippen MR) is 93.5 cm³/mol. The van der Waals surface area contributed by atoms with Crippen molar-refractivity contribution < 1.29 is 4.79 Å². The van der Waals surface area contributed by atoms with Crippen LogP contribution in [-0.2, 0) is 13.0 Å². The zero-order valence-electron chi connectivity index (χ0n) is 13.5. The van der Waals surface area contributed by atoms with Crippen molar-refractivity contribution in [3.8, 4) is 0 Å². The third kappa shape index (κ3) is 3.27. The fraction of sp³-hybridized carbons (Fsp3) is 0.211. The van der Waals surface area contributed by atoms with Crippen LogP contribution in [0.1, 0.15) is 27.2 Å². The van der Waals surface area contributed by atoms with Crippen LogP contribution in [0, 0.1) is 0 Å². The molecule has 118 valence electrons. The Kier molecular flexibility index (Phi) is 4.17. The molecule has 3 aromatic rings. The monoisotopic (exact) mass is 307 g/mol. The second-order valence-corrected chi connectivity index (χ2v) is 6.11. The number of carbonyl (C=O) groups excluding carboxylic acids is 1. The van der Waals surface area contributed by atoms with Crippen LogP contribution in [-0.4, -0.2) is 29.9 Å². The van der Waals surface area contributed by atoms with Gasteiger partial charge in [0.1, 0.15) is 0 Å². The highest BCUT2D eigenvalue weighted by molar-refractivity contribution is 5.98. The normalized spacial score (nSPS) is 11.3. The van der Waals surface area contributed by atoms with Gasteiger partial charge in [0.2, 0.25) is 5.91 Å². The molecule has 1 aromatic heterocycles. The molecule has 0 atom stereocenters. The smallest absolute Gasteiger partial charge is 0.248 e. The first-order valence-corrected chi connectivity index (χ1v) is 7.66. The minimum atomic E-state index is -0.395. The lowest BCUT2D eigenvalue weighted by Gasteiger charge is -2.11. The van der Waals surface area contributed by atoms with Crippen molar-refractivity contribution in [2.45, 2.75) is 13.0 Å². The predicted octanol–water partition coefficient (Wildman–Crippen LogP) is 2.92. The number of hydrogen-bond acceptors (Lipinski definition) is 2. The topological polar surface area (TPSA) is 62.1 Å². The maximum atomic E-state index is 11.5. The van der Waals surface area contributed by atoms with E-state index in [0.717, 1.165) is 23.9 Å². The number of aromatic amines is 1. The summed E-state index contributed by atoms with van der Waals surface area (Å²) in [6.45, 7) is 0.810. The average molecular weight is 307 g/mol. The lowest BCUT2D eigenvalue weighted by atomic mass is 10.0. The van der Waals surface area contributed by atoms with Crippen LogP contribution in [0.25, 0.3) is 10.9 Å². The van der Waals surface area contributed by atoms with E-state index in [9.17, 15) is 4.79 Å². The molecule has 0 aliphatic rings. The number of aromatic nitrogens is 1. The number of nitrogens with zero attached hydrogens (tertiary/aromatic N) is 1. The van der Waals surface area contributed by atoms with Crippen LogP contribution in [0.15, 0.2) is 48.5 Å². The highest BCUT2D eigenvalue weighted by atomic mass is 16.1. The molecule has 0 bridgehead atoms. The molecule has 0 saturated heterocycles. The largest absolute Gasteiger partial charge is 0.366 e. The average Bonchev–Trinajstić information content (AvgIpc) is 2.84. The van der Waals surface area contributed by atoms with Crippen LogP contribution >= 0.6 is 0 Å².